The molecule has 0 unspecified atom stereocenters. The third-order valence-electron chi connectivity index (χ3n) is 6.37. The number of anilines is 2. The summed E-state index contributed by atoms with van der Waals surface area (Å²) >= 11 is 12.0. The minimum atomic E-state index is -0.447. The van der Waals surface area contributed by atoms with Crippen LogP contribution in [0.1, 0.15) is 52.9 Å². The highest BCUT2D eigenvalue weighted by atomic mass is 35.5. The van der Waals surface area contributed by atoms with Gasteiger partial charge >= 0.3 is 6.03 Å². The maximum Gasteiger partial charge on any atom is 0.323 e. The minimum Gasteiger partial charge on any atom is -0.308 e. The standard InChI is InChI=1S/C29H29Cl2N11O/c1-28(2,3)22-20(32-7)25(39-37-22)38-36-21-23(29(4,5)6)40-42-26(21)35-24(41-42)15-8-10-18(11-9-15)33-27(43)34-19-13-16(30)12-17(31)14-19/h8-14,40H,1-6H3,(H,37,39)(H2,33,34,43). The van der Waals surface area contributed by atoms with Crippen LogP contribution in [0.25, 0.3) is 21.9 Å². The number of aromatic amines is 2. The number of azo groups is 1. The van der Waals surface area contributed by atoms with Crippen LogP contribution in [-0.2, 0) is 10.8 Å². The summed E-state index contributed by atoms with van der Waals surface area (Å²) in [5.41, 5.74) is 3.90. The molecule has 0 aliphatic carbocycles. The molecule has 220 valence electrons. The van der Waals surface area contributed by atoms with Crippen LogP contribution in [0, 0.1) is 6.57 Å². The van der Waals surface area contributed by atoms with Crippen molar-refractivity contribution in [2.24, 2.45) is 10.2 Å². The zero-order valence-electron chi connectivity index (χ0n) is 24.3. The fourth-order valence-electron chi connectivity index (χ4n) is 4.30. The lowest BCUT2D eigenvalue weighted by molar-refractivity contribution is 0.262. The smallest absolute Gasteiger partial charge is 0.308 e. The largest absolute Gasteiger partial charge is 0.323 e. The van der Waals surface area contributed by atoms with Crippen molar-refractivity contribution in [3.05, 3.63) is 75.3 Å². The molecule has 2 amide bonds. The fourth-order valence-corrected chi connectivity index (χ4v) is 4.82. The van der Waals surface area contributed by atoms with Gasteiger partial charge in [-0.3, -0.25) is 10.2 Å². The number of aromatic nitrogens is 6. The molecule has 12 nitrogen and oxygen atoms in total. The summed E-state index contributed by atoms with van der Waals surface area (Å²) in [6.07, 6.45) is 0. The van der Waals surface area contributed by atoms with Crippen LogP contribution < -0.4 is 10.6 Å². The first kappa shape index (κ1) is 29.8. The van der Waals surface area contributed by atoms with Gasteiger partial charge in [-0.15, -0.1) is 15.3 Å². The van der Waals surface area contributed by atoms with Crippen LogP contribution >= 0.6 is 23.2 Å². The second-order valence-corrected chi connectivity index (χ2v) is 12.8. The monoisotopic (exact) mass is 617 g/mol. The van der Waals surface area contributed by atoms with Crippen molar-refractivity contribution in [3.63, 3.8) is 0 Å². The van der Waals surface area contributed by atoms with E-state index in [9.17, 15) is 4.79 Å². The molecule has 5 rings (SSSR count). The average Bonchev–Trinajstić information content (AvgIpc) is 3.59. The van der Waals surface area contributed by atoms with Crippen molar-refractivity contribution in [3.8, 4) is 11.4 Å². The van der Waals surface area contributed by atoms with Gasteiger partial charge in [0.1, 0.15) is 0 Å². The van der Waals surface area contributed by atoms with Gasteiger partial charge in [0.15, 0.2) is 11.5 Å². The number of nitrogens with zero attached hydrogens (tertiary/aromatic N) is 7. The number of halogens is 2. The summed E-state index contributed by atoms with van der Waals surface area (Å²) in [7, 11) is 0. The third-order valence-corrected chi connectivity index (χ3v) is 6.81. The predicted molar refractivity (Wildman–Crippen MR) is 168 cm³/mol. The van der Waals surface area contributed by atoms with Gasteiger partial charge in [0.2, 0.25) is 11.5 Å². The Balaban J connectivity index is 1.41. The molecule has 5 aromatic rings. The molecule has 0 aliphatic rings. The van der Waals surface area contributed by atoms with Gasteiger partial charge in [-0.25, -0.2) is 14.6 Å². The molecule has 0 saturated heterocycles. The summed E-state index contributed by atoms with van der Waals surface area (Å²) in [6.45, 7) is 19.8. The number of hydrogen-bond donors (Lipinski definition) is 4. The third kappa shape index (κ3) is 6.38. The Morgan fingerprint density at radius 1 is 0.930 bits per heavy atom. The topological polar surface area (TPSA) is 145 Å². The summed E-state index contributed by atoms with van der Waals surface area (Å²) in [6, 6.07) is 11.4. The van der Waals surface area contributed by atoms with E-state index in [-0.39, 0.29) is 16.6 Å². The molecule has 0 spiro atoms. The van der Waals surface area contributed by atoms with Gasteiger partial charge in [-0.05, 0) is 47.9 Å². The number of benzene rings is 2. The van der Waals surface area contributed by atoms with Crippen molar-refractivity contribution >= 4 is 63.4 Å². The molecule has 2 aromatic carbocycles. The Labute approximate surface area is 257 Å². The van der Waals surface area contributed by atoms with Gasteiger partial charge in [0.25, 0.3) is 5.69 Å². The molecule has 3 aromatic heterocycles. The Morgan fingerprint density at radius 3 is 2.16 bits per heavy atom. The van der Waals surface area contributed by atoms with E-state index < -0.39 is 6.03 Å². The van der Waals surface area contributed by atoms with E-state index in [0.717, 1.165) is 11.3 Å². The Hall–Kier alpha value is -4.73. The number of carbonyl (C=O) groups excluding carboxylic acids is 1. The Morgan fingerprint density at radius 2 is 1.56 bits per heavy atom. The van der Waals surface area contributed by atoms with E-state index in [1.54, 1.807) is 47.1 Å². The van der Waals surface area contributed by atoms with Crippen molar-refractivity contribution in [2.75, 3.05) is 10.6 Å². The first-order chi connectivity index (χ1) is 20.2. The van der Waals surface area contributed by atoms with Crippen molar-refractivity contribution in [2.45, 2.75) is 52.4 Å². The van der Waals surface area contributed by atoms with Crippen LogP contribution in [-0.4, -0.2) is 36.0 Å². The van der Waals surface area contributed by atoms with Crippen LogP contribution in [0.2, 0.25) is 10.0 Å². The van der Waals surface area contributed by atoms with Gasteiger partial charge in [-0.1, -0.05) is 64.7 Å². The zero-order valence-corrected chi connectivity index (χ0v) is 25.8. The molecule has 0 atom stereocenters. The molecule has 0 bridgehead atoms. The van der Waals surface area contributed by atoms with Gasteiger partial charge in [0.05, 0.1) is 12.3 Å². The van der Waals surface area contributed by atoms with Crippen LogP contribution in [0.5, 0.6) is 0 Å². The SMILES string of the molecule is [C-]#[N+]c1c(N=Nc2c(C(C)(C)C)[nH]n3nc(-c4ccc(NC(=O)Nc5cc(Cl)cc(Cl)c5)cc4)nc23)n[nH]c1C(C)(C)C. The fraction of sp³-hybridized carbons (Fsp3) is 0.276. The number of rotatable bonds is 5. The van der Waals surface area contributed by atoms with E-state index in [4.69, 9.17) is 34.8 Å². The van der Waals surface area contributed by atoms with Gasteiger partial charge < -0.3 is 10.6 Å². The molecule has 3 heterocycles. The Kier molecular flexibility index (Phi) is 7.72. The number of fused-ring (bicyclic) bond motifs is 1. The molecular formula is C29H29Cl2N11O. The summed E-state index contributed by atoms with van der Waals surface area (Å²) in [4.78, 5) is 20.8. The average molecular weight is 619 g/mol. The Bertz CT molecular complexity index is 1880. The number of amides is 2. The quantitative estimate of drug-likeness (QED) is 0.115. The maximum atomic E-state index is 12.5. The van der Waals surface area contributed by atoms with E-state index >= 15 is 0 Å². The number of hydrogen-bond acceptors (Lipinski definition) is 6. The summed E-state index contributed by atoms with van der Waals surface area (Å²) in [5.74, 6) is 0.661. The van der Waals surface area contributed by atoms with Crippen LogP contribution in [0.15, 0.2) is 52.7 Å². The van der Waals surface area contributed by atoms with E-state index in [2.05, 4.69) is 46.1 Å². The van der Waals surface area contributed by atoms with Crippen molar-refractivity contribution in [1.82, 2.24) is 30.0 Å². The molecule has 14 heteroatoms. The highest BCUT2D eigenvalue weighted by Crippen LogP contribution is 2.39. The molecule has 0 fully saturated rings. The van der Waals surface area contributed by atoms with Crippen LogP contribution in [0.4, 0.5) is 33.4 Å². The molecule has 4 N–H and O–H groups in total. The number of urea groups is 1. The molecule has 43 heavy (non-hydrogen) atoms. The zero-order chi connectivity index (χ0) is 31.1. The van der Waals surface area contributed by atoms with E-state index in [0.29, 0.717) is 50.0 Å². The highest BCUT2D eigenvalue weighted by molar-refractivity contribution is 6.35. The second-order valence-electron chi connectivity index (χ2n) is 11.9. The summed E-state index contributed by atoms with van der Waals surface area (Å²) < 4.78 is 1.56. The van der Waals surface area contributed by atoms with E-state index in [1.807, 2.05) is 41.5 Å². The van der Waals surface area contributed by atoms with Crippen LogP contribution in [0.3, 0.4) is 0 Å². The predicted octanol–water partition coefficient (Wildman–Crippen LogP) is 8.96. The lowest BCUT2D eigenvalue weighted by Crippen LogP contribution is -2.19. The van der Waals surface area contributed by atoms with E-state index in [1.165, 1.54) is 0 Å². The lowest BCUT2D eigenvalue weighted by atomic mass is 9.91. The minimum absolute atomic E-state index is 0.212. The lowest BCUT2D eigenvalue weighted by Gasteiger charge is -2.16. The molecule has 0 saturated carbocycles. The maximum absolute atomic E-state index is 12.5. The highest BCUT2D eigenvalue weighted by Gasteiger charge is 2.27. The normalized spacial score (nSPS) is 12.2. The number of carbonyl (C=O) groups is 1. The summed E-state index contributed by atoms with van der Waals surface area (Å²) in [5, 5.41) is 30.2. The van der Waals surface area contributed by atoms with Gasteiger partial charge in [-0.2, -0.15) is 9.73 Å². The first-order valence-corrected chi connectivity index (χ1v) is 14.0. The van der Waals surface area contributed by atoms with Crippen molar-refractivity contribution in [1.29, 1.82) is 0 Å². The molecule has 0 radical (unpaired) electrons. The second kappa shape index (κ2) is 11.2. The number of H-pyrrole nitrogens is 2. The number of nitrogens with one attached hydrogen (secondary N) is 4. The molecular weight excluding hydrogens is 589 g/mol. The first-order valence-electron chi connectivity index (χ1n) is 13.2. The molecule has 0 aliphatic heterocycles. The van der Waals surface area contributed by atoms with Gasteiger partial charge in [0, 0.05) is 38.1 Å². The van der Waals surface area contributed by atoms with Crippen molar-refractivity contribution < 1.29 is 4.79 Å².